The molecule has 2 rings (SSSR count). The highest BCUT2D eigenvalue weighted by atomic mass is 32.2. The van der Waals surface area contributed by atoms with Gasteiger partial charge in [-0.05, 0) is 12.0 Å². The minimum Gasteiger partial charge on any atom is -0.469 e. The van der Waals surface area contributed by atoms with Crippen LogP contribution in [0.25, 0.3) is 0 Å². The van der Waals surface area contributed by atoms with Gasteiger partial charge >= 0.3 is 12.1 Å². The summed E-state index contributed by atoms with van der Waals surface area (Å²) in [6, 6.07) is 8.62. The number of rotatable bonds is 5. The predicted molar refractivity (Wildman–Crippen MR) is 90.1 cm³/mol. The van der Waals surface area contributed by atoms with Crippen molar-refractivity contribution < 1.29 is 27.5 Å². The van der Waals surface area contributed by atoms with Crippen LogP contribution in [-0.4, -0.2) is 57.9 Å². The average Bonchev–Trinajstić information content (AvgIpc) is 2.58. The fraction of sp³-hybridized carbons (Fsp3) is 0.500. The van der Waals surface area contributed by atoms with Gasteiger partial charge in [-0.1, -0.05) is 30.3 Å². The number of methoxy groups -OCH3 is 1. The van der Waals surface area contributed by atoms with Crippen LogP contribution >= 0.6 is 0 Å². The number of carbonyl (C=O) groups is 2. The second-order valence-electron chi connectivity index (χ2n) is 5.99. The molecule has 0 saturated carbocycles. The summed E-state index contributed by atoms with van der Waals surface area (Å²) in [5.41, 5.74) is 0.836. The molecule has 25 heavy (non-hydrogen) atoms. The maximum atomic E-state index is 12.3. The van der Waals surface area contributed by atoms with Crippen molar-refractivity contribution in [2.24, 2.45) is 5.92 Å². The molecular formula is C16H22N2O6S. The number of sulfonamides is 1. The minimum absolute atomic E-state index is 0.100. The molecule has 2 unspecified atom stereocenters. The smallest absolute Gasteiger partial charge is 0.410 e. The van der Waals surface area contributed by atoms with E-state index in [4.69, 9.17) is 9.47 Å². The van der Waals surface area contributed by atoms with Crippen LogP contribution in [-0.2, 0) is 30.9 Å². The number of piperidine rings is 1. The van der Waals surface area contributed by atoms with Crippen LogP contribution in [0.3, 0.4) is 0 Å². The molecule has 0 bridgehead atoms. The van der Waals surface area contributed by atoms with Crippen LogP contribution in [0.1, 0.15) is 12.0 Å². The topological polar surface area (TPSA) is 102 Å². The van der Waals surface area contributed by atoms with Gasteiger partial charge in [-0.25, -0.2) is 17.9 Å². The van der Waals surface area contributed by atoms with Gasteiger partial charge in [0.25, 0.3) is 0 Å². The fourth-order valence-corrected chi connectivity index (χ4v) is 3.56. The molecule has 1 N–H and O–H groups in total. The third-order valence-electron chi connectivity index (χ3n) is 3.83. The molecule has 1 aromatic rings. The van der Waals surface area contributed by atoms with Gasteiger partial charge in [0.2, 0.25) is 10.0 Å². The Bertz CT molecular complexity index is 707. The second-order valence-corrected chi connectivity index (χ2v) is 7.77. The molecule has 1 aliphatic rings. The fourth-order valence-electron chi connectivity index (χ4n) is 2.78. The number of hydrogen-bond acceptors (Lipinski definition) is 6. The largest absolute Gasteiger partial charge is 0.469 e. The lowest BCUT2D eigenvalue weighted by Gasteiger charge is -2.35. The number of benzene rings is 1. The normalized spacial score (nSPS) is 20.8. The Balaban J connectivity index is 2.03. The summed E-state index contributed by atoms with van der Waals surface area (Å²) in [6.07, 6.45) is 0.701. The summed E-state index contributed by atoms with van der Waals surface area (Å²) >= 11 is 0. The average molecular weight is 370 g/mol. The first-order valence-electron chi connectivity index (χ1n) is 7.79. The lowest BCUT2D eigenvalue weighted by molar-refractivity contribution is -0.147. The van der Waals surface area contributed by atoms with Gasteiger partial charge in [0.1, 0.15) is 6.61 Å². The Hall–Kier alpha value is -2.13. The third kappa shape index (κ3) is 6.02. The first-order chi connectivity index (χ1) is 11.8. The first kappa shape index (κ1) is 19.2. The van der Waals surface area contributed by atoms with Crippen LogP contribution < -0.4 is 4.72 Å². The molecule has 0 aliphatic carbocycles. The van der Waals surface area contributed by atoms with Crippen molar-refractivity contribution in [2.75, 3.05) is 26.5 Å². The predicted octanol–water partition coefficient (Wildman–Crippen LogP) is 0.736. The molecule has 8 nitrogen and oxygen atoms in total. The molecule has 1 heterocycles. The van der Waals surface area contributed by atoms with Crippen LogP contribution in [0.2, 0.25) is 0 Å². The van der Waals surface area contributed by atoms with Crippen molar-refractivity contribution in [3.05, 3.63) is 35.9 Å². The number of esters is 1. The number of likely N-dealkylation sites (tertiary alicyclic amines) is 1. The van der Waals surface area contributed by atoms with Crippen molar-refractivity contribution in [3.8, 4) is 0 Å². The lowest BCUT2D eigenvalue weighted by Crippen LogP contribution is -2.54. The van der Waals surface area contributed by atoms with E-state index < -0.39 is 34.0 Å². The van der Waals surface area contributed by atoms with E-state index in [-0.39, 0.29) is 26.1 Å². The molecule has 1 saturated heterocycles. The Morgan fingerprint density at radius 3 is 2.52 bits per heavy atom. The Kier molecular flexibility index (Phi) is 6.38. The van der Waals surface area contributed by atoms with Gasteiger partial charge in [0, 0.05) is 19.1 Å². The summed E-state index contributed by atoms with van der Waals surface area (Å²) in [5.74, 6) is -1.09. The summed E-state index contributed by atoms with van der Waals surface area (Å²) in [4.78, 5) is 25.5. The van der Waals surface area contributed by atoms with E-state index in [0.29, 0.717) is 0 Å². The highest BCUT2D eigenvalue weighted by Gasteiger charge is 2.36. The van der Waals surface area contributed by atoms with Gasteiger partial charge in [0.15, 0.2) is 0 Å². The van der Waals surface area contributed by atoms with Crippen LogP contribution in [0.15, 0.2) is 30.3 Å². The number of nitrogens with zero attached hydrogens (tertiary/aromatic N) is 1. The number of amides is 1. The maximum absolute atomic E-state index is 12.3. The van der Waals surface area contributed by atoms with Gasteiger partial charge in [-0.15, -0.1) is 0 Å². The van der Waals surface area contributed by atoms with E-state index in [1.165, 1.54) is 12.0 Å². The first-order valence-corrected chi connectivity index (χ1v) is 9.68. The van der Waals surface area contributed by atoms with Gasteiger partial charge in [-0.3, -0.25) is 4.79 Å². The number of ether oxygens (including phenoxy) is 2. The Labute approximate surface area is 147 Å². The molecule has 2 atom stereocenters. The Morgan fingerprint density at radius 1 is 1.24 bits per heavy atom. The van der Waals surface area contributed by atoms with E-state index in [9.17, 15) is 18.0 Å². The van der Waals surface area contributed by atoms with Crippen molar-refractivity contribution >= 4 is 22.1 Å². The molecular weight excluding hydrogens is 348 g/mol. The van der Waals surface area contributed by atoms with E-state index >= 15 is 0 Å². The number of nitrogens with one attached hydrogen (secondary N) is 1. The second kappa shape index (κ2) is 8.30. The van der Waals surface area contributed by atoms with Crippen molar-refractivity contribution in [1.29, 1.82) is 0 Å². The molecule has 0 spiro atoms. The summed E-state index contributed by atoms with van der Waals surface area (Å²) in [7, 11) is -2.21. The SMILES string of the molecule is COC(=O)C1CC(NS(C)(=O)=O)CN(C(=O)OCc2ccccc2)C1. The van der Waals surface area contributed by atoms with E-state index in [2.05, 4.69) is 4.72 Å². The summed E-state index contributed by atoms with van der Waals surface area (Å²) < 4.78 is 35.4. The highest BCUT2D eigenvalue weighted by Crippen LogP contribution is 2.20. The quantitative estimate of drug-likeness (QED) is 0.767. The van der Waals surface area contributed by atoms with Gasteiger partial charge in [0.05, 0.1) is 19.3 Å². The third-order valence-corrected chi connectivity index (χ3v) is 4.59. The zero-order valence-corrected chi connectivity index (χ0v) is 15.0. The number of carbonyl (C=O) groups excluding carboxylic acids is 2. The van der Waals surface area contributed by atoms with Gasteiger partial charge < -0.3 is 14.4 Å². The molecule has 0 aromatic heterocycles. The molecule has 1 amide bonds. The maximum Gasteiger partial charge on any atom is 0.410 e. The summed E-state index contributed by atoms with van der Waals surface area (Å²) in [6.45, 7) is 0.361. The van der Waals surface area contributed by atoms with Crippen LogP contribution in [0, 0.1) is 5.92 Å². The van der Waals surface area contributed by atoms with Crippen molar-refractivity contribution in [1.82, 2.24) is 9.62 Å². The van der Waals surface area contributed by atoms with E-state index in [1.54, 1.807) is 0 Å². The van der Waals surface area contributed by atoms with Crippen LogP contribution in [0.4, 0.5) is 4.79 Å². The summed E-state index contributed by atoms with van der Waals surface area (Å²) in [5, 5.41) is 0. The Morgan fingerprint density at radius 2 is 1.92 bits per heavy atom. The van der Waals surface area contributed by atoms with E-state index in [1.807, 2.05) is 30.3 Å². The lowest BCUT2D eigenvalue weighted by atomic mass is 9.95. The van der Waals surface area contributed by atoms with Crippen molar-refractivity contribution in [2.45, 2.75) is 19.1 Å². The molecule has 1 aromatic carbocycles. The van der Waals surface area contributed by atoms with E-state index in [0.717, 1.165) is 11.8 Å². The molecule has 138 valence electrons. The zero-order valence-electron chi connectivity index (χ0n) is 14.2. The van der Waals surface area contributed by atoms with Crippen LogP contribution in [0.5, 0.6) is 0 Å². The highest BCUT2D eigenvalue weighted by molar-refractivity contribution is 7.88. The standard InChI is InChI=1S/C16H22N2O6S/c1-23-15(19)13-8-14(17-25(2,21)22)10-18(9-13)16(20)24-11-12-6-4-3-5-7-12/h3-7,13-14,17H,8-11H2,1-2H3. The molecule has 1 fully saturated rings. The number of hydrogen-bond donors (Lipinski definition) is 1. The molecule has 0 radical (unpaired) electrons. The van der Waals surface area contributed by atoms with Crippen molar-refractivity contribution in [3.63, 3.8) is 0 Å². The molecule has 9 heteroatoms. The minimum atomic E-state index is -3.46. The zero-order chi connectivity index (χ0) is 18.4. The van der Waals surface area contributed by atoms with Gasteiger partial charge in [-0.2, -0.15) is 0 Å². The molecule has 1 aliphatic heterocycles. The monoisotopic (exact) mass is 370 g/mol.